The van der Waals surface area contributed by atoms with Crippen molar-refractivity contribution in [1.82, 2.24) is 5.43 Å². The van der Waals surface area contributed by atoms with E-state index in [0.29, 0.717) is 0 Å². The Morgan fingerprint density at radius 1 is 0.900 bits per heavy atom. The highest BCUT2D eigenvalue weighted by molar-refractivity contribution is 9.10. The largest absolute Gasteiger partial charge is 0.271 e. The van der Waals surface area contributed by atoms with Gasteiger partial charge in [-0.3, -0.25) is 5.84 Å². The van der Waals surface area contributed by atoms with Crippen LogP contribution in [0.5, 0.6) is 0 Å². The van der Waals surface area contributed by atoms with Gasteiger partial charge in [-0.15, -0.1) is 0 Å². The van der Waals surface area contributed by atoms with Crippen molar-refractivity contribution < 1.29 is 0 Å². The molecule has 2 aromatic carbocycles. The molecule has 0 aromatic heterocycles. The molecule has 0 bridgehead atoms. The normalized spacial score (nSPS) is 13.2. The van der Waals surface area contributed by atoms with Crippen LogP contribution in [0.15, 0.2) is 53.0 Å². The Morgan fingerprint density at radius 3 is 1.75 bits per heavy atom. The molecule has 106 valence electrons. The maximum atomic E-state index is 5.74. The second-order valence-electron chi connectivity index (χ2n) is 6.02. The lowest BCUT2D eigenvalue weighted by Crippen LogP contribution is -2.28. The molecule has 1 atom stereocenters. The Hall–Kier alpha value is -1.16. The molecule has 0 aliphatic rings. The molecule has 3 N–H and O–H groups in total. The summed E-state index contributed by atoms with van der Waals surface area (Å²) in [5.74, 6) is 5.74. The van der Waals surface area contributed by atoms with E-state index >= 15 is 0 Å². The molecule has 20 heavy (non-hydrogen) atoms. The average Bonchev–Trinajstić information content (AvgIpc) is 2.41. The van der Waals surface area contributed by atoms with Gasteiger partial charge in [-0.1, -0.05) is 73.1 Å². The number of nitrogens with two attached hydrogens (primary N) is 1. The van der Waals surface area contributed by atoms with Crippen molar-refractivity contribution in [3.05, 3.63) is 69.7 Å². The topological polar surface area (TPSA) is 38.0 Å². The van der Waals surface area contributed by atoms with Gasteiger partial charge in [-0.2, -0.15) is 0 Å². The molecule has 2 rings (SSSR count). The quantitative estimate of drug-likeness (QED) is 0.649. The van der Waals surface area contributed by atoms with Gasteiger partial charge in [0, 0.05) is 4.47 Å². The van der Waals surface area contributed by atoms with Gasteiger partial charge in [0.1, 0.15) is 0 Å². The van der Waals surface area contributed by atoms with E-state index in [1.165, 1.54) is 11.1 Å². The second kappa shape index (κ2) is 6.08. The number of nitrogens with one attached hydrogen (secondary N) is 1. The van der Waals surface area contributed by atoms with Gasteiger partial charge in [0.25, 0.3) is 0 Å². The molecule has 0 amide bonds. The molecule has 3 heteroatoms. The molecule has 0 saturated heterocycles. The predicted molar refractivity (Wildman–Crippen MR) is 88.5 cm³/mol. The van der Waals surface area contributed by atoms with E-state index in [9.17, 15) is 0 Å². The molecule has 0 spiro atoms. The van der Waals surface area contributed by atoms with Crippen LogP contribution in [0.25, 0.3) is 0 Å². The van der Waals surface area contributed by atoms with Crippen LogP contribution in [0.2, 0.25) is 0 Å². The van der Waals surface area contributed by atoms with Crippen LogP contribution in [-0.4, -0.2) is 0 Å². The van der Waals surface area contributed by atoms with E-state index in [1.54, 1.807) is 0 Å². The minimum atomic E-state index is 0.0112. The first-order valence-corrected chi connectivity index (χ1v) is 7.53. The van der Waals surface area contributed by atoms with E-state index in [0.717, 1.165) is 10.0 Å². The van der Waals surface area contributed by atoms with Gasteiger partial charge in [0.2, 0.25) is 0 Å². The fraction of sp³-hybridized carbons (Fsp3) is 0.294. The molecular formula is C17H21BrN2. The first-order valence-electron chi connectivity index (χ1n) is 6.74. The zero-order valence-corrected chi connectivity index (χ0v) is 13.7. The van der Waals surface area contributed by atoms with Gasteiger partial charge >= 0.3 is 0 Å². The Kier molecular flexibility index (Phi) is 4.63. The summed E-state index contributed by atoms with van der Waals surface area (Å²) in [5.41, 5.74) is 6.71. The molecule has 2 aromatic rings. The van der Waals surface area contributed by atoms with Crippen LogP contribution in [0, 0.1) is 0 Å². The minimum Gasteiger partial charge on any atom is -0.271 e. The van der Waals surface area contributed by atoms with Crippen molar-refractivity contribution in [2.24, 2.45) is 5.84 Å². The van der Waals surface area contributed by atoms with Crippen molar-refractivity contribution in [2.45, 2.75) is 32.2 Å². The Bertz CT molecular complexity index is 553. The minimum absolute atomic E-state index is 0.0112. The van der Waals surface area contributed by atoms with Crippen molar-refractivity contribution in [3.8, 4) is 0 Å². The van der Waals surface area contributed by atoms with Crippen LogP contribution in [-0.2, 0) is 5.41 Å². The molecule has 2 nitrogen and oxygen atoms in total. The summed E-state index contributed by atoms with van der Waals surface area (Å²) in [7, 11) is 0. The van der Waals surface area contributed by atoms with Crippen molar-refractivity contribution in [1.29, 1.82) is 0 Å². The van der Waals surface area contributed by atoms with E-state index in [2.05, 4.69) is 78.5 Å². The molecule has 0 saturated carbocycles. The Labute approximate surface area is 129 Å². The summed E-state index contributed by atoms with van der Waals surface area (Å²) < 4.78 is 1.07. The number of hydrogen-bond donors (Lipinski definition) is 2. The smallest absolute Gasteiger partial charge is 0.0710 e. The number of rotatable bonds is 3. The summed E-state index contributed by atoms with van der Waals surface area (Å²) in [6.45, 7) is 6.65. The van der Waals surface area contributed by atoms with Crippen molar-refractivity contribution in [2.75, 3.05) is 0 Å². The van der Waals surface area contributed by atoms with Crippen LogP contribution in [0.4, 0.5) is 0 Å². The van der Waals surface area contributed by atoms with Crippen LogP contribution < -0.4 is 11.3 Å². The summed E-state index contributed by atoms with van der Waals surface area (Å²) in [5, 5.41) is 0. The molecule has 0 fully saturated rings. The summed E-state index contributed by atoms with van der Waals surface area (Å²) in [6, 6.07) is 16.9. The highest BCUT2D eigenvalue weighted by Crippen LogP contribution is 2.27. The Balaban J connectivity index is 2.30. The zero-order valence-electron chi connectivity index (χ0n) is 12.2. The first-order chi connectivity index (χ1) is 9.41. The number of hydrogen-bond acceptors (Lipinski definition) is 2. The van der Waals surface area contributed by atoms with E-state index in [1.807, 2.05) is 12.1 Å². The molecule has 1 unspecified atom stereocenters. The monoisotopic (exact) mass is 332 g/mol. The fourth-order valence-electron chi connectivity index (χ4n) is 2.22. The third-order valence-corrected chi connectivity index (χ3v) is 4.01. The second-order valence-corrected chi connectivity index (χ2v) is 6.94. The number of benzene rings is 2. The Morgan fingerprint density at radius 2 is 1.35 bits per heavy atom. The predicted octanol–water partition coefficient (Wildman–Crippen LogP) is 4.30. The number of hydrazine groups is 1. The third kappa shape index (κ3) is 3.48. The highest BCUT2D eigenvalue weighted by Gasteiger charge is 2.16. The van der Waals surface area contributed by atoms with Crippen LogP contribution in [0.3, 0.4) is 0 Å². The van der Waals surface area contributed by atoms with E-state index in [-0.39, 0.29) is 11.5 Å². The molecule has 0 aliphatic carbocycles. The third-order valence-electron chi connectivity index (χ3n) is 3.48. The lowest BCUT2D eigenvalue weighted by atomic mass is 9.86. The standard InChI is InChI=1S/C17H21BrN2/c1-17(2,3)14-8-4-12(5-9-14)16(20-19)13-6-10-15(18)11-7-13/h4-11,16,20H,19H2,1-3H3. The number of halogens is 1. The molecular weight excluding hydrogens is 312 g/mol. The molecule has 0 radical (unpaired) electrons. The first kappa shape index (κ1) is 15.2. The lowest BCUT2D eigenvalue weighted by molar-refractivity contribution is 0.588. The van der Waals surface area contributed by atoms with Gasteiger partial charge in [-0.05, 0) is 34.2 Å². The summed E-state index contributed by atoms with van der Waals surface area (Å²) in [6.07, 6.45) is 0. The van der Waals surface area contributed by atoms with E-state index < -0.39 is 0 Å². The lowest BCUT2D eigenvalue weighted by Gasteiger charge is -2.21. The van der Waals surface area contributed by atoms with Gasteiger partial charge in [0.05, 0.1) is 6.04 Å². The summed E-state index contributed by atoms with van der Waals surface area (Å²) in [4.78, 5) is 0. The molecule has 0 aliphatic heterocycles. The van der Waals surface area contributed by atoms with Gasteiger partial charge in [0.15, 0.2) is 0 Å². The maximum Gasteiger partial charge on any atom is 0.0710 e. The van der Waals surface area contributed by atoms with Crippen molar-refractivity contribution in [3.63, 3.8) is 0 Å². The van der Waals surface area contributed by atoms with E-state index in [4.69, 9.17) is 5.84 Å². The molecule has 0 heterocycles. The van der Waals surface area contributed by atoms with Crippen LogP contribution in [0.1, 0.15) is 43.5 Å². The SMILES string of the molecule is CC(C)(C)c1ccc(C(NN)c2ccc(Br)cc2)cc1. The highest BCUT2D eigenvalue weighted by atomic mass is 79.9. The average molecular weight is 333 g/mol. The van der Waals surface area contributed by atoms with Crippen molar-refractivity contribution >= 4 is 15.9 Å². The van der Waals surface area contributed by atoms with Gasteiger partial charge in [-0.25, -0.2) is 5.43 Å². The fourth-order valence-corrected chi connectivity index (χ4v) is 2.48. The summed E-state index contributed by atoms with van der Waals surface area (Å²) >= 11 is 3.45. The maximum absolute atomic E-state index is 5.74. The zero-order chi connectivity index (χ0) is 14.8. The van der Waals surface area contributed by atoms with Gasteiger partial charge < -0.3 is 0 Å². The van der Waals surface area contributed by atoms with Crippen LogP contribution >= 0.6 is 15.9 Å².